The van der Waals surface area contributed by atoms with E-state index in [2.05, 4.69) is 45.6 Å². The third kappa shape index (κ3) is 3.90. The molecule has 0 fully saturated rings. The van der Waals surface area contributed by atoms with Gasteiger partial charge in [0.1, 0.15) is 5.82 Å². The Balaban J connectivity index is 1.77. The van der Waals surface area contributed by atoms with Gasteiger partial charge < -0.3 is 11.1 Å². The Morgan fingerprint density at radius 2 is 1.88 bits per heavy atom. The third-order valence-corrected chi connectivity index (χ3v) is 3.99. The smallest absolute Gasteiger partial charge is 0.123 e. The van der Waals surface area contributed by atoms with Crippen LogP contribution in [0.3, 0.4) is 0 Å². The minimum atomic E-state index is 0.584. The fraction of sp³-hybridized carbons (Fsp3) is 0.200. The van der Waals surface area contributed by atoms with Gasteiger partial charge in [-0.25, -0.2) is 4.98 Å². The van der Waals surface area contributed by atoms with Gasteiger partial charge in [-0.2, -0.15) is 0 Å². The van der Waals surface area contributed by atoms with Crippen molar-refractivity contribution < 1.29 is 0 Å². The summed E-state index contributed by atoms with van der Waals surface area (Å²) in [5.41, 5.74) is 12.6. The first kappa shape index (κ1) is 16.0. The summed E-state index contributed by atoms with van der Waals surface area (Å²) in [4.78, 5) is 8.80. The molecule has 0 atom stereocenters. The molecule has 2 aromatic heterocycles. The zero-order valence-corrected chi connectivity index (χ0v) is 14.1. The summed E-state index contributed by atoms with van der Waals surface area (Å²) >= 11 is 0. The lowest BCUT2D eigenvalue weighted by Crippen LogP contribution is -1.99. The van der Waals surface area contributed by atoms with Crippen LogP contribution in [0.15, 0.2) is 54.9 Å². The molecule has 2 heterocycles. The minimum absolute atomic E-state index is 0.584. The number of nitrogen functional groups attached to an aromatic ring is 1. The maximum absolute atomic E-state index is 5.83. The van der Waals surface area contributed by atoms with Gasteiger partial charge in [0, 0.05) is 36.4 Å². The number of aryl methyl sites for hydroxylation is 3. The van der Waals surface area contributed by atoms with Crippen LogP contribution in [-0.2, 0) is 12.8 Å². The second-order valence-corrected chi connectivity index (χ2v) is 5.97. The van der Waals surface area contributed by atoms with E-state index in [-0.39, 0.29) is 0 Å². The Bertz CT molecular complexity index is 822. The van der Waals surface area contributed by atoms with Gasteiger partial charge in [0.05, 0.1) is 0 Å². The molecule has 0 aliphatic heterocycles. The number of pyridine rings is 2. The number of nitrogens with one attached hydrogen (secondary N) is 1. The first-order valence-corrected chi connectivity index (χ1v) is 8.09. The molecule has 3 aromatic rings. The van der Waals surface area contributed by atoms with Crippen molar-refractivity contribution in [1.82, 2.24) is 9.97 Å². The van der Waals surface area contributed by atoms with Crippen LogP contribution >= 0.6 is 0 Å². The van der Waals surface area contributed by atoms with Crippen LogP contribution in [0, 0.1) is 6.92 Å². The number of nitrogens with two attached hydrogens (primary N) is 1. The SMILES string of the molecule is CNc1cccc(-c2cncc(CCc3cc(C)cc(N)n3)c2)c1. The van der Waals surface area contributed by atoms with Gasteiger partial charge in [-0.15, -0.1) is 0 Å². The normalized spacial score (nSPS) is 10.6. The van der Waals surface area contributed by atoms with Gasteiger partial charge in [-0.3, -0.25) is 4.98 Å². The van der Waals surface area contributed by atoms with Crippen LogP contribution in [0.2, 0.25) is 0 Å². The van der Waals surface area contributed by atoms with E-state index in [0.29, 0.717) is 5.82 Å². The molecule has 0 bridgehead atoms. The molecule has 3 rings (SSSR count). The van der Waals surface area contributed by atoms with E-state index in [4.69, 9.17) is 5.73 Å². The molecule has 24 heavy (non-hydrogen) atoms. The summed E-state index contributed by atoms with van der Waals surface area (Å²) in [6.07, 6.45) is 5.57. The third-order valence-electron chi connectivity index (χ3n) is 3.99. The zero-order chi connectivity index (χ0) is 16.9. The molecule has 4 heteroatoms. The van der Waals surface area contributed by atoms with Crippen molar-refractivity contribution >= 4 is 11.5 Å². The summed E-state index contributed by atoms with van der Waals surface area (Å²) in [5.74, 6) is 0.584. The maximum Gasteiger partial charge on any atom is 0.123 e. The van der Waals surface area contributed by atoms with Gasteiger partial charge in [0.15, 0.2) is 0 Å². The number of nitrogens with zero attached hydrogens (tertiary/aromatic N) is 2. The summed E-state index contributed by atoms with van der Waals surface area (Å²) < 4.78 is 0. The Kier molecular flexibility index (Phi) is 4.75. The number of aromatic nitrogens is 2. The average Bonchev–Trinajstić information content (AvgIpc) is 2.59. The predicted molar refractivity (Wildman–Crippen MR) is 100 cm³/mol. The van der Waals surface area contributed by atoms with E-state index < -0.39 is 0 Å². The molecule has 3 N–H and O–H groups in total. The summed E-state index contributed by atoms with van der Waals surface area (Å²) in [7, 11) is 1.92. The average molecular weight is 318 g/mol. The minimum Gasteiger partial charge on any atom is -0.388 e. The standard InChI is InChI=1S/C20H22N4/c1-14-8-19(24-20(21)9-14)7-6-15-10-17(13-23-12-15)16-4-3-5-18(11-16)22-2/h3-5,8-13,22H,6-7H2,1-2H3,(H2,21,24). The molecule has 1 aromatic carbocycles. The fourth-order valence-electron chi connectivity index (χ4n) is 2.81. The maximum atomic E-state index is 5.83. The molecule has 0 aliphatic carbocycles. The molecular weight excluding hydrogens is 296 g/mol. The van der Waals surface area contributed by atoms with Crippen molar-refractivity contribution in [2.45, 2.75) is 19.8 Å². The topological polar surface area (TPSA) is 63.8 Å². The van der Waals surface area contributed by atoms with Crippen molar-refractivity contribution in [3.05, 3.63) is 71.7 Å². The van der Waals surface area contributed by atoms with Gasteiger partial charge in [0.25, 0.3) is 0 Å². The highest BCUT2D eigenvalue weighted by Gasteiger charge is 2.04. The van der Waals surface area contributed by atoms with Crippen LogP contribution in [0.1, 0.15) is 16.8 Å². The first-order valence-electron chi connectivity index (χ1n) is 8.09. The van der Waals surface area contributed by atoms with E-state index in [1.54, 1.807) is 0 Å². The van der Waals surface area contributed by atoms with E-state index >= 15 is 0 Å². The zero-order valence-electron chi connectivity index (χ0n) is 14.1. The van der Waals surface area contributed by atoms with Crippen LogP contribution in [0.4, 0.5) is 11.5 Å². The van der Waals surface area contributed by atoms with Crippen molar-refractivity contribution in [1.29, 1.82) is 0 Å². The van der Waals surface area contributed by atoms with Crippen LogP contribution in [0.5, 0.6) is 0 Å². The monoisotopic (exact) mass is 318 g/mol. The fourth-order valence-corrected chi connectivity index (χ4v) is 2.81. The van der Waals surface area contributed by atoms with Gasteiger partial charge in [-0.1, -0.05) is 12.1 Å². The Labute approximate surface area is 142 Å². The number of anilines is 2. The summed E-state index contributed by atoms with van der Waals surface area (Å²) in [5, 5.41) is 3.17. The van der Waals surface area contributed by atoms with Crippen molar-refractivity contribution in [2.75, 3.05) is 18.1 Å². The summed E-state index contributed by atoms with van der Waals surface area (Å²) in [6, 6.07) is 14.5. The number of benzene rings is 1. The molecule has 0 saturated heterocycles. The van der Waals surface area contributed by atoms with Crippen LogP contribution < -0.4 is 11.1 Å². The highest BCUT2D eigenvalue weighted by Crippen LogP contribution is 2.23. The molecule has 0 saturated carbocycles. The molecule has 0 radical (unpaired) electrons. The molecule has 0 aliphatic rings. The van der Waals surface area contributed by atoms with Gasteiger partial charge in [0.2, 0.25) is 0 Å². The van der Waals surface area contributed by atoms with Crippen molar-refractivity contribution in [3.8, 4) is 11.1 Å². The molecule has 0 unspecified atom stereocenters. The van der Waals surface area contributed by atoms with Crippen molar-refractivity contribution in [2.24, 2.45) is 0 Å². The molecular formula is C20H22N4. The number of hydrogen-bond donors (Lipinski definition) is 2. The molecule has 0 amide bonds. The number of hydrogen-bond acceptors (Lipinski definition) is 4. The second-order valence-electron chi connectivity index (χ2n) is 5.97. The van der Waals surface area contributed by atoms with Crippen LogP contribution in [-0.4, -0.2) is 17.0 Å². The predicted octanol–water partition coefficient (Wildman–Crippen LogP) is 3.86. The Morgan fingerprint density at radius 1 is 1.00 bits per heavy atom. The van der Waals surface area contributed by atoms with Gasteiger partial charge in [-0.05, 0) is 66.8 Å². The molecule has 0 spiro atoms. The summed E-state index contributed by atoms with van der Waals surface area (Å²) in [6.45, 7) is 2.04. The highest BCUT2D eigenvalue weighted by atomic mass is 14.8. The highest BCUT2D eigenvalue weighted by molar-refractivity contribution is 5.67. The first-order chi connectivity index (χ1) is 11.6. The second kappa shape index (κ2) is 7.13. The molecule has 4 nitrogen and oxygen atoms in total. The van der Waals surface area contributed by atoms with E-state index in [0.717, 1.165) is 40.9 Å². The Morgan fingerprint density at radius 3 is 2.67 bits per heavy atom. The lowest BCUT2D eigenvalue weighted by Gasteiger charge is -2.08. The van der Waals surface area contributed by atoms with E-state index in [1.807, 2.05) is 38.5 Å². The van der Waals surface area contributed by atoms with E-state index in [1.165, 1.54) is 5.56 Å². The van der Waals surface area contributed by atoms with Crippen molar-refractivity contribution in [3.63, 3.8) is 0 Å². The lowest BCUT2D eigenvalue weighted by molar-refractivity contribution is 0.907. The quantitative estimate of drug-likeness (QED) is 0.750. The number of rotatable bonds is 5. The Hall–Kier alpha value is -2.88. The largest absolute Gasteiger partial charge is 0.388 e. The lowest BCUT2D eigenvalue weighted by atomic mass is 10.0. The van der Waals surface area contributed by atoms with Crippen LogP contribution in [0.25, 0.3) is 11.1 Å². The molecule has 122 valence electrons. The van der Waals surface area contributed by atoms with Gasteiger partial charge >= 0.3 is 0 Å². The van der Waals surface area contributed by atoms with E-state index in [9.17, 15) is 0 Å².